The van der Waals surface area contributed by atoms with Crippen LogP contribution >= 0.6 is 0 Å². The van der Waals surface area contributed by atoms with Crippen molar-refractivity contribution >= 4 is 11.7 Å². The van der Waals surface area contributed by atoms with Gasteiger partial charge in [0, 0.05) is 23.6 Å². The van der Waals surface area contributed by atoms with Crippen molar-refractivity contribution in [2.45, 2.75) is 26.5 Å². The molecule has 0 aliphatic rings. The van der Waals surface area contributed by atoms with Gasteiger partial charge in [-0.3, -0.25) is 4.98 Å². The highest BCUT2D eigenvalue weighted by Crippen LogP contribution is 2.19. The number of rotatable bonds is 6. The Balaban J connectivity index is 1.51. The first kappa shape index (κ1) is 18.5. The summed E-state index contributed by atoms with van der Waals surface area (Å²) in [7, 11) is 0. The van der Waals surface area contributed by atoms with Gasteiger partial charge in [-0.05, 0) is 55.3 Å². The Morgan fingerprint density at radius 2 is 1.85 bits per heavy atom. The smallest absolute Gasteiger partial charge is 0.319 e. The van der Waals surface area contributed by atoms with Crippen LogP contribution in [0.2, 0.25) is 0 Å². The molecular weight excluding hydrogens is 338 g/mol. The van der Waals surface area contributed by atoms with Gasteiger partial charge in [0.15, 0.2) is 0 Å². The summed E-state index contributed by atoms with van der Waals surface area (Å²) in [6.07, 6.45) is 3.50. The first-order chi connectivity index (χ1) is 13.1. The van der Waals surface area contributed by atoms with Crippen LogP contribution in [0.5, 0.6) is 5.75 Å². The number of pyridine rings is 1. The van der Waals surface area contributed by atoms with Crippen LogP contribution in [0.4, 0.5) is 10.5 Å². The minimum Gasteiger partial charge on any atom is -0.489 e. The molecule has 27 heavy (non-hydrogen) atoms. The van der Waals surface area contributed by atoms with Crippen LogP contribution in [0, 0.1) is 6.92 Å². The van der Waals surface area contributed by atoms with Crippen LogP contribution in [0.25, 0.3) is 0 Å². The van der Waals surface area contributed by atoms with Crippen LogP contribution < -0.4 is 15.4 Å². The van der Waals surface area contributed by atoms with Gasteiger partial charge in [0.1, 0.15) is 12.4 Å². The summed E-state index contributed by atoms with van der Waals surface area (Å²) in [5.41, 5.74) is 3.97. The summed E-state index contributed by atoms with van der Waals surface area (Å²) < 4.78 is 5.72. The molecule has 2 aromatic carbocycles. The first-order valence-corrected chi connectivity index (χ1v) is 8.86. The SMILES string of the molecule is Cc1ccccc1C(C)NC(=O)Nc1ccc(OCc2cccnc2)cc1. The van der Waals surface area contributed by atoms with E-state index in [9.17, 15) is 4.79 Å². The highest BCUT2D eigenvalue weighted by atomic mass is 16.5. The number of aryl methyl sites for hydroxylation is 1. The van der Waals surface area contributed by atoms with Crippen molar-refractivity contribution in [3.05, 3.63) is 89.7 Å². The van der Waals surface area contributed by atoms with Crippen molar-refractivity contribution in [2.24, 2.45) is 0 Å². The summed E-state index contributed by atoms with van der Waals surface area (Å²) in [6, 6.07) is 18.8. The van der Waals surface area contributed by atoms with Crippen molar-refractivity contribution in [3.63, 3.8) is 0 Å². The molecular formula is C22H23N3O2. The monoisotopic (exact) mass is 361 g/mol. The van der Waals surface area contributed by atoms with Crippen LogP contribution in [0.3, 0.4) is 0 Å². The normalized spacial score (nSPS) is 11.5. The number of ether oxygens (including phenoxy) is 1. The standard InChI is InChI=1S/C22H23N3O2/c1-16-6-3-4-8-21(16)17(2)24-22(26)25-19-9-11-20(12-10-19)27-15-18-7-5-13-23-14-18/h3-14,17H,15H2,1-2H3,(H2,24,25,26). The van der Waals surface area contributed by atoms with E-state index in [2.05, 4.69) is 15.6 Å². The van der Waals surface area contributed by atoms with Crippen molar-refractivity contribution in [1.29, 1.82) is 0 Å². The van der Waals surface area contributed by atoms with Gasteiger partial charge in [0.2, 0.25) is 0 Å². The molecule has 5 nitrogen and oxygen atoms in total. The number of urea groups is 1. The van der Waals surface area contributed by atoms with Gasteiger partial charge in [-0.25, -0.2) is 4.79 Å². The number of amides is 2. The van der Waals surface area contributed by atoms with Gasteiger partial charge in [-0.1, -0.05) is 30.3 Å². The Bertz CT molecular complexity index is 880. The second-order valence-corrected chi connectivity index (χ2v) is 6.35. The second kappa shape index (κ2) is 8.85. The highest BCUT2D eigenvalue weighted by Gasteiger charge is 2.11. The molecule has 0 aliphatic carbocycles. The zero-order chi connectivity index (χ0) is 19.1. The van der Waals surface area contributed by atoms with Crippen molar-refractivity contribution in [3.8, 4) is 5.75 Å². The number of carbonyl (C=O) groups is 1. The van der Waals surface area contributed by atoms with Gasteiger partial charge in [0.05, 0.1) is 6.04 Å². The molecule has 0 spiro atoms. The summed E-state index contributed by atoms with van der Waals surface area (Å²) in [4.78, 5) is 16.3. The Hall–Kier alpha value is -3.34. The van der Waals surface area contributed by atoms with Gasteiger partial charge in [-0.2, -0.15) is 0 Å². The Morgan fingerprint density at radius 1 is 1.07 bits per heavy atom. The molecule has 2 N–H and O–H groups in total. The lowest BCUT2D eigenvalue weighted by molar-refractivity contribution is 0.249. The molecule has 3 aromatic rings. The lowest BCUT2D eigenvalue weighted by Crippen LogP contribution is -2.31. The fraction of sp³-hybridized carbons (Fsp3) is 0.182. The molecule has 2 amide bonds. The van der Waals surface area contributed by atoms with Crippen molar-refractivity contribution in [1.82, 2.24) is 10.3 Å². The lowest BCUT2D eigenvalue weighted by Gasteiger charge is -2.17. The van der Waals surface area contributed by atoms with E-state index in [1.807, 2.05) is 74.5 Å². The molecule has 0 aliphatic heterocycles. The third kappa shape index (κ3) is 5.31. The first-order valence-electron chi connectivity index (χ1n) is 8.86. The fourth-order valence-corrected chi connectivity index (χ4v) is 2.80. The fourth-order valence-electron chi connectivity index (χ4n) is 2.80. The molecule has 0 bridgehead atoms. The maximum atomic E-state index is 12.2. The van der Waals surface area contributed by atoms with Crippen LogP contribution in [0.15, 0.2) is 73.1 Å². The Morgan fingerprint density at radius 3 is 2.56 bits per heavy atom. The van der Waals surface area contributed by atoms with E-state index in [1.54, 1.807) is 12.4 Å². The van der Waals surface area contributed by atoms with Gasteiger partial charge >= 0.3 is 6.03 Å². The number of nitrogens with one attached hydrogen (secondary N) is 2. The number of hydrogen-bond donors (Lipinski definition) is 2. The molecule has 1 unspecified atom stereocenters. The average Bonchev–Trinajstić information content (AvgIpc) is 2.68. The average molecular weight is 361 g/mol. The largest absolute Gasteiger partial charge is 0.489 e. The number of hydrogen-bond acceptors (Lipinski definition) is 3. The number of anilines is 1. The molecule has 5 heteroatoms. The Labute approximate surface area is 159 Å². The van der Waals surface area contributed by atoms with E-state index in [4.69, 9.17) is 4.74 Å². The molecule has 1 atom stereocenters. The van der Waals surface area contributed by atoms with Crippen LogP contribution in [-0.4, -0.2) is 11.0 Å². The summed E-state index contributed by atoms with van der Waals surface area (Å²) >= 11 is 0. The summed E-state index contributed by atoms with van der Waals surface area (Å²) in [5, 5.41) is 5.81. The zero-order valence-corrected chi connectivity index (χ0v) is 15.5. The molecule has 0 fully saturated rings. The van der Waals surface area contributed by atoms with Crippen molar-refractivity contribution in [2.75, 3.05) is 5.32 Å². The minimum absolute atomic E-state index is 0.0757. The predicted molar refractivity (Wildman–Crippen MR) is 107 cm³/mol. The number of nitrogens with zero attached hydrogens (tertiary/aromatic N) is 1. The minimum atomic E-state index is -0.241. The quantitative estimate of drug-likeness (QED) is 0.659. The predicted octanol–water partition coefficient (Wildman–Crippen LogP) is 4.85. The van der Waals surface area contributed by atoms with E-state index in [0.717, 1.165) is 22.4 Å². The second-order valence-electron chi connectivity index (χ2n) is 6.35. The number of benzene rings is 2. The maximum absolute atomic E-state index is 12.2. The van der Waals surface area contributed by atoms with E-state index in [0.29, 0.717) is 12.3 Å². The third-order valence-corrected chi connectivity index (χ3v) is 4.24. The zero-order valence-electron chi connectivity index (χ0n) is 15.5. The summed E-state index contributed by atoms with van der Waals surface area (Å²) in [6.45, 7) is 4.46. The lowest BCUT2D eigenvalue weighted by atomic mass is 10.0. The van der Waals surface area contributed by atoms with Gasteiger partial charge < -0.3 is 15.4 Å². The molecule has 138 valence electrons. The van der Waals surface area contributed by atoms with Crippen LogP contribution in [0.1, 0.15) is 29.7 Å². The van der Waals surface area contributed by atoms with E-state index in [1.165, 1.54) is 0 Å². The Kier molecular flexibility index (Phi) is 6.05. The number of aromatic nitrogens is 1. The topological polar surface area (TPSA) is 63.2 Å². The van der Waals surface area contributed by atoms with Crippen LogP contribution in [-0.2, 0) is 6.61 Å². The van der Waals surface area contributed by atoms with E-state index in [-0.39, 0.29) is 12.1 Å². The molecule has 0 saturated carbocycles. The molecule has 1 heterocycles. The highest BCUT2D eigenvalue weighted by molar-refractivity contribution is 5.89. The molecule has 1 aromatic heterocycles. The molecule has 0 radical (unpaired) electrons. The van der Waals surface area contributed by atoms with E-state index < -0.39 is 0 Å². The molecule has 0 saturated heterocycles. The number of carbonyl (C=O) groups excluding carboxylic acids is 1. The van der Waals surface area contributed by atoms with Crippen molar-refractivity contribution < 1.29 is 9.53 Å². The third-order valence-electron chi connectivity index (χ3n) is 4.24. The van der Waals surface area contributed by atoms with E-state index >= 15 is 0 Å². The van der Waals surface area contributed by atoms with Gasteiger partial charge in [-0.15, -0.1) is 0 Å². The maximum Gasteiger partial charge on any atom is 0.319 e. The summed E-state index contributed by atoms with van der Waals surface area (Å²) in [5.74, 6) is 0.734. The van der Waals surface area contributed by atoms with Gasteiger partial charge in [0.25, 0.3) is 0 Å². The molecule has 3 rings (SSSR count).